The fraction of sp³-hybridized carbons (Fsp3) is 0.750. The Hall–Kier alpha value is -0.460. The maximum Gasteiger partial charge on any atom is 0.350 e. The summed E-state index contributed by atoms with van der Waals surface area (Å²) in [7, 11) is -3.60. The molecule has 0 bridgehead atoms. The van der Waals surface area contributed by atoms with Crippen molar-refractivity contribution in [2.75, 3.05) is 0 Å². The predicted molar refractivity (Wildman–Crippen MR) is 89.0 cm³/mol. The van der Waals surface area contributed by atoms with Crippen LogP contribution in [-0.4, -0.2) is 34.6 Å². The first-order chi connectivity index (χ1) is 10.3. The van der Waals surface area contributed by atoms with Crippen LogP contribution < -0.4 is 0 Å². The Morgan fingerprint density at radius 3 is 1.91 bits per heavy atom. The number of hydrogen-bond donors (Lipinski definition) is 0. The zero-order chi connectivity index (χ0) is 16.2. The van der Waals surface area contributed by atoms with Crippen molar-refractivity contribution in [2.24, 2.45) is 0 Å². The van der Waals surface area contributed by atoms with E-state index in [-0.39, 0.29) is 11.3 Å². The van der Waals surface area contributed by atoms with Crippen LogP contribution in [0.25, 0.3) is 0 Å². The molecular formula is C16H24O4P2. The van der Waals surface area contributed by atoms with Gasteiger partial charge in [-0.2, -0.15) is 0 Å². The Morgan fingerprint density at radius 1 is 0.909 bits per heavy atom. The van der Waals surface area contributed by atoms with Crippen LogP contribution in [0.5, 0.6) is 0 Å². The Morgan fingerprint density at radius 2 is 1.41 bits per heavy atom. The zero-order valence-corrected chi connectivity index (χ0v) is 15.5. The Bertz CT molecular complexity index is 585. The van der Waals surface area contributed by atoms with Gasteiger partial charge in [0.1, 0.15) is 12.5 Å². The molecule has 4 unspecified atom stereocenters. The molecule has 3 heterocycles. The van der Waals surface area contributed by atoms with Crippen molar-refractivity contribution in [1.29, 1.82) is 0 Å². The minimum Gasteiger partial charge on any atom is -0.386 e. The van der Waals surface area contributed by atoms with Crippen molar-refractivity contribution in [3.63, 3.8) is 0 Å². The Balaban J connectivity index is 2.18. The topological polar surface area (TPSA) is 60.4 Å². The number of carbonyl (C=O) groups excluding carboxylic acids is 2. The molecule has 0 radical (unpaired) electrons. The third-order valence-corrected chi connectivity index (χ3v) is 13.4. The van der Waals surface area contributed by atoms with Crippen molar-refractivity contribution >= 4 is 27.0 Å². The number of cyclic esters (lactones) is 2. The molecule has 4 atom stereocenters. The molecule has 0 amide bonds. The molecule has 0 aromatic rings. The molecule has 0 aromatic heterocycles. The molecular weight excluding hydrogens is 318 g/mol. The first kappa shape index (κ1) is 16.4. The lowest BCUT2D eigenvalue weighted by molar-refractivity contribution is -0.150. The van der Waals surface area contributed by atoms with Gasteiger partial charge in [-0.1, -0.05) is 35.6 Å². The van der Waals surface area contributed by atoms with E-state index < -0.39 is 27.0 Å². The normalized spacial score (nSPS) is 45.7. The average molecular weight is 342 g/mol. The second-order valence-electron chi connectivity index (χ2n) is 7.04. The molecule has 3 aliphatic rings. The maximum absolute atomic E-state index is 13.7. The monoisotopic (exact) mass is 342 g/mol. The van der Waals surface area contributed by atoms with Gasteiger partial charge in [-0.3, -0.25) is 0 Å². The molecule has 0 aliphatic carbocycles. The van der Waals surface area contributed by atoms with Crippen LogP contribution in [0.2, 0.25) is 0 Å². The summed E-state index contributed by atoms with van der Waals surface area (Å²) < 4.78 is 18.7. The van der Waals surface area contributed by atoms with Crippen LogP contribution >= 0.6 is 15.1 Å². The van der Waals surface area contributed by atoms with Crippen LogP contribution in [0, 0.1) is 0 Å². The smallest absolute Gasteiger partial charge is 0.350 e. The summed E-state index contributed by atoms with van der Waals surface area (Å²) in [6, 6.07) is 0. The number of ether oxygens (including phenoxy) is 1. The first-order valence-electron chi connectivity index (χ1n) is 8.17. The summed E-state index contributed by atoms with van der Waals surface area (Å²) in [4.78, 5) is 24.8. The lowest BCUT2D eigenvalue weighted by atomic mass is 10.2. The second-order valence-corrected chi connectivity index (χ2v) is 13.7. The van der Waals surface area contributed by atoms with Crippen LogP contribution in [0.4, 0.5) is 0 Å². The lowest BCUT2D eigenvalue weighted by Crippen LogP contribution is -2.11. The largest absolute Gasteiger partial charge is 0.386 e. The van der Waals surface area contributed by atoms with Crippen molar-refractivity contribution in [3.05, 3.63) is 10.6 Å². The molecule has 122 valence electrons. The second kappa shape index (κ2) is 5.56. The Labute approximate surface area is 133 Å². The summed E-state index contributed by atoms with van der Waals surface area (Å²) in [6.45, 7) is 8.21. The predicted octanol–water partition coefficient (Wildman–Crippen LogP) is 4.27. The summed E-state index contributed by atoms with van der Waals surface area (Å²) in [5, 5.41) is 0.836. The highest BCUT2D eigenvalue weighted by molar-refractivity contribution is 7.73. The SMILES string of the molecule is CC1CCC(C)P1C1=C(P2(=O)C(C)CCC2C)C(=O)OC1=O. The van der Waals surface area contributed by atoms with Gasteiger partial charge in [0.15, 0.2) is 0 Å². The molecule has 6 heteroatoms. The van der Waals surface area contributed by atoms with E-state index in [2.05, 4.69) is 13.8 Å². The number of rotatable bonds is 2. The van der Waals surface area contributed by atoms with E-state index >= 15 is 0 Å². The summed E-state index contributed by atoms with van der Waals surface area (Å²) in [5.41, 5.74) is 0.755. The Kier molecular flexibility index (Phi) is 4.15. The third-order valence-electron chi connectivity index (χ3n) is 5.67. The van der Waals surface area contributed by atoms with E-state index in [0.717, 1.165) is 25.7 Å². The zero-order valence-electron chi connectivity index (χ0n) is 13.7. The first-order valence-corrected chi connectivity index (χ1v) is 11.5. The fourth-order valence-corrected chi connectivity index (χ4v) is 11.9. The third kappa shape index (κ3) is 2.18. The number of hydrogen-bond acceptors (Lipinski definition) is 4. The van der Waals surface area contributed by atoms with Gasteiger partial charge in [-0.15, -0.1) is 0 Å². The van der Waals surface area contributed by atoms with E-state index in [1.807, 2.05) is 13.8 Å². The van der Waals surface area contributed by atoms with Crippen LogP contribution in [0.1, 0.15) is 53.4 Å². The molecule has 0 aromatic carbocycles. The molecule has 2 fully saturated rings. The van der Waals surface area contributed by atoms with Crippen LogP contribution in [0.3, 0.4) is 0 Å². The fourth-order valence-electron chi connectivity index (χ4n) is 4.29. The minimum atomic E-state index is -2.85. The molecule has 0 N–H and O–H groups in total. The molecule has 2 saturated heterocycles. The van der Waals surface area contributed by atoms with Gasteiger partial charge in [-0.05, 0) is 37.0 Å². The highest BCUT2D eigenvalue weighted by Gasteiger charge is 2.55. The van der Waals surface area contributed by atoms with E-state index in [1.54, 1.807) is 0 Å². The number of carbonyl (C=O) groups is 2. The van der Waals surface area contributed by atoms with Gasteiger partial charge in [0, 0.05) is 11.3 Å². The molecule has 0 spiro atoms. The lowest BCUT2D eigenvalue weighted by Gasteiger charge is -2.26. The van der Waals surface area contributed by atoms with E-state index in [9.17, 15) is 14.2 Å². The molecule has 3 aliphatic heterocycles. The minimum absolute atomic E-state index is 0.0193. The standard InChI is InChI=1S/C16H24O4P2/c1-9-5-6-10(2)21(9)13-14(16(18)20-15(13)17)22(19)11(3)7-8-12(22)4/h9-12H,5-8H2,1-4H3. The van der Waals surface area contributed by atoms with Gasteiger partial charge >= 0.3 is 11.9 Å². The van der Waals surface area contributed by atoms with Gasteiger partial charge in [0.25, 0.3) is 0 Å². The number of esters is 2. The summed E-state index contributed by atoms with van der Waals surface area (Å²) in [5.74, 6) is -1.12. The molecule has 0 saturated carbocycles. The quantitative estimate of drug-likeness (QED) is 0.427. The van der Waals surface area contributed by atoms with Gasteiger partial charge in [0.2, 0.25) is 0 Å². The van der Waals surface area contributed by atoms with E-state index in [1.165, 1.54) is 0 Å². The molecule has 4 nitrogen and oxygen atoms in total. The van der Waals surface area contributed by atoms with Gasteiger partial charge < -0.3 is 9.30 Å². The maximum atomic E-state index is 13.7. The molecule has 22 heavy (non-hydrogen) atoms. The summed E-state index contributed by atoms with van der Waals surface area (Å²) in [6.07, 6.45) is 3.86. The molecule has 3 rings (SSSR count). The highest BCUT2D eigenvalue weighted by atomic mass is 31.2. The van der Waals surface area contributed by atoms with Crippen molar-refractivity contribution in [3.8, 4) is 0 Å². The van der Waals surface area contributed by atoms with Crippen LogP contribution in [-0.2, 0) is 18.9 Å². The van der Waals surface area contributed by atoms with Gasteiger partial charge in [0.05, 0.1) is 5.31 Å². The van der Waals surface area contributed by atoms with Crippen molar-refractivity contribution in [2.45, 2.75) is 76.0 Å². The summed E-state index contributed by atoms with van der Waals surface area (Å²) >= 11 is 0. The van der Waals surface area contributed by atoms with Crippen LogP contribution in [0.15, 0.2) is 10.6 Å². The van der Waals surface area contributed by atoms with Gasteiger partial charge in [-0.25, -0.2) is 9.59 Å². The van der Waals surface area contributed by atoms with E-state index in [0.29, 0.717) is 21.9 Å². The highest BCUT2D eigenvalue weighted by Crippen LogP contribution is 2.74. The van der Waals surface area contributed by atoms with E-state index in [4.69, 9.17) is 4.74 Å². The van der Waals surface area contributed by atoms with Crippen molar-refractivity contribution < 1.29 is 18.9 Å². The van der Waals surface area contributed by atoms with Crippen molar-refractivity contribution in [1.82, 2.24) is 0 Å². The average Bonchev–Trinajstić information content (AvgIpc) is 3.02.